The lowest BCUT2D eigenvalue weighted by Crippen LogP contribution is -2.39. The molecule has 0 bridgehead atoms. The number of allylic oxidation sites excluding steroid dienone is 1. The number of thiazole rings is 1. The van der Waals surface area contributed by atoms with Crippen molar-refractivity contribution < 1.29 is 19.0 Å². The molecule has 0 spiro atoms. The van der Waals surface area contributed by atoms with E-state index >= 15 is 0 Å². The monoisotopic (exact) mass is 600 g/mol. The van der Waals surface area contributed by atoms with Gasteiger partial charge in [0.05, 0.1) is 28.5 Å². The Labute approximate surface area is 252 Å². The lowest BCUT2D eigenvalue weighted by atomic mass is 9.96. The van der Waals surface area contributed by atoms with Crippen LogP contribution in [-0.2, 0) is 16.1 Å². The molecule has 0 unspecified atom stereocenters. The van der Waals surface area contributed by atoms with Gasteiger partial charge in [-0.25, -0.2) is 9.79 Å². The minimum atomic E-state index is -0.704. The first kappa shape index (κ1) is 29.1. The van der Waals surface area contributed by atoms with Crippen LogP contribution in [-0.4, -0.2) is 23.8 Å². The molecule has 0 N–H and O–H groups in total. The number of halogens is 1. The molecule has 0 saturated carbocycles. The van der Waals surface area contributed by atoms with Gasteiger partial charge < -0.3 is 14.2 Å². The summed E-state index contributed by atoms with van der Waals surface area (Å²) < 4.78 is 19.0. The fourth-order valence-corrected chi connectivity index (χ4v) is 5.77. The number of hydrogen-bond acceptors (Lipinski definition) is 7. The normalized spacial score (nSPS) is 14.6. The smallest absolute Gasteiger partial charge is 0.338 e. The molecule has 42 heavy (non-hydrogen) atoms. The third kappa shape index (κ3) is 6.40. The zero-order valence-electron chi connectivity index (χ0n) is 23.2. The number of benzene rings is 3. The highest BCUT2D eigenvalue weighted by Gasteiger charge is 2.33. The Hall–Kier alpha value is -4.40. The number of fused-ring (bicyclic) bond motifs is 1. The van der Waals surface area contributed by atoms with Crippen molar-refractivity contribution in [3.05, 3.63) is 138 Å². The van der Waals surface area contributed by atoms with Crippen LogP contribution in [0.25, 0.3) is 6.08 Å². The van der Waals surface area contributed by atoms with Crippen molar-refractivity contribution in [3.8, 4) is 11.5 Å². The highest BCUT2D eigenvalue weighted by atomic mass is 35.5. The summed E-state index contributed by atoms with van der Waals surface area (Å²) in [7, 11) is 0. The summed E-state index contributed by atoms with van der Waals surface area (Å²) in [6.07, 6.45) is 3.48. The lowest BCUT2D eigenvalue weighted by molar-refractivity contribution is -0.139. The average Bonchev–Trinajstić information content (AvgIpc) is 3.29. The van der Waals surface area contributed by atoms with Crippen LogP contribution in [0.5, 0.6) is 11.5 Å². The largest absolute Gasteiger partial charge is 0.490 e. The van der Waals surface area contributed by atoms with Gasteiger partial charge in [-0.1, -0.05) is 72.0 Å². The summed E-state index contributed by atoms with van der Waals surface area (Å²) in [5, 5.41) is 0.670. The third-order valence-corrected chi connectivity index (χ3v) is 7.79. The van der Waals surface area contributed by atoms with Gasteiger partial charge >= 0.3 is 5.97 Å². The van der Waals surface area contributed by atoms with E-state index < -0.39 is 12.0 Å². The highest BCUT2D eigenvalue weighted by molar-refractivity contribution is 7.07. The number of carbonyl (C=O) groups excluding carboxylic acids is 1. The Bertz CT molecular complexity index is 1820. The molecule has 0 saturated heterocycles. The number of ether oxygens (including phenoxy) is 3. The second-order valence-corrected chi connectivity index (χ2v) is 10.9. The fraction of sp³-hybridized carbons (Fsp3) is 0.182. The van der Waals surface area contributed by atoms with Crippen LogP contribution in [0.4, 0.5) is 0 Å². The van der Waals surface area contributed by atoms with Gasteiger partial charge in [0.25, 0.3) is 5.56 Å². The summed E-state index contributed by atoms with van der Waals surface area (Å²) in [6.45, 7) is 8.15. The van der Waals surface area contributed by atoms with Gasteiger partial charge in [-0.2, -0.15) is 0 Å². The van der Waals surface area contributed by atoms with E-state index in [1.165, 1.54) is 11.3 Å². The van der Waals surface area contributed by atoms with Crippen molar-refractivity contribution in [2.45, 2.75) is 26.5 Å². The van der Waals surface area contributed by atoms with E-state index in [9.17, 15) is 9.59 Å². The predicted molar refractivity (Wildman–Crippen MR) is 165 cm³/mol. The average molecular weight is 601 g/mol. The summed E-state index contributed by atoms with van der Waals surface area (Å²) in [5.74, 6) is 0.821. The molecule has 0 amide bonds. The molecule has 0 radical (unpaired) electrons. The van der Waals surface area contributed by atoms with Gasteiger partial charge in [-0.3, -0.25) is 9.36 Å². The molecule has 0 fully saturated rings. The lowest BCUT2D eigenvalue weighted by Gasteiger charge is -2.24. The van der Waals surface area contributed by atoms with Crippen LogP contribution in [0, 0.1) is 0 Å². The molecule has 0 aliphatic carbocycles. The SMILES string of the molecule is C=CCOc1ccc([C@H]2C(C(=O)OCC)=C(C)N=c3s/c(=C/c4cccc(OCc5ccc(Cl)cc5)c4)c(=O)n32)cc1. The first-order valence-electron chi connectivity index (χ1n) is 13.4. The van der Waals surface area contributed by atoms with E-state index in [0.29, 0.717) is 50.3 Å². The first-order chi connectivity index (χ1) is 20.4. The predicted octanol–water partition coefficient (Wildman–Crippen LogP) is 5.60. The van der Waals surface area contributed by atoms with Crippen LogP contribution in [0.2, 0.25) is 5.02 Å². The number of esters is 1. The second kappa shape index (κ2) is 13.1. The van der Waals surface area contributed by atoms with Gasteiger partial charge in [-0.05, 0) is 73.0 Å². The zero-order valence-corrected chi connectivity index (χ0v) is 24.8. The van der Waals surface area contributed by atoms with E-state index in [1.807, 2.05) is 78.9 Å². The Kier molecular flexibility index (Phi) is 9.05. The van der Waals surface area contributed by atoms with Crippen LogP contribution in [0.3, 0.4) is 0 Å². The van der Waals surface area contributed by atoms with Gasteiger partial charge in [0.15, 0.2) is 4.80 Å². The topological polar surface area (TPSA) is 79.1 Å². The Balaban J connectivity index is 1.52. The van der Waals surface area contributed by atoms with E-state index in [1.54, 1.807) is 24.5 Å². The molecule has 1 aliphatic heterocycles. The zero-order chi connectivity index (χ0) is 29.6. The minimum absolute atomic E-state index is 0.206. The molecular weight excluding hydrogens is 572 g/mol. The molecule has 2 heterocycles. The van der Waals surface area contributed by atoms with Gasteiger partial charge in [0, 0.05) is 5.02 Å². The Morgan fingerprint density at radius 1 is 1.07 bits per heavy atom. The number of rotatable bonds is 10. The van der Waals surface area contributed by atoms with Gasteiger partial charge in [-0.15, -0.1) is 0 Å². The number of carbonyl (C=O) groups is 1. The van der Waals surface area contributed by atoms with Crippen molar-refractivity contribution in [2.75, 3.05) is 13.2 Å². The van der Waals surface area contributed by atoms with Crippen molar-refractivity contribution >= 4 is 35.0 Å². The summed E-state index contributed by atoms with van der Waals surface area (Å²) in [6, 6.07) is 21.6. The molecule has 5 rings (SSSR count). The van der Waals surface area contributed by atoms with Gasteiger partial charge in [0.1, 0.15) is 24.7 Å². The van der Waals surface area contributed by atoms with Crippen LogP contribution in [0.15, 0.2) is 107 Å². The summed E-state index contributed by atoms with van der Waals surface area (Å²) in [5.41, 5.74) is 3.12. The molecule has 1 aliphatic rings. The fourth-order valence-electron chi connectivity index (χ4n) is 4.60. The third-order valence-electron chi connectivity index (χ3n) is 6.56. The van der Waals surface area contributed by atoms with Crippen LogP contribution >= 0.6 is 22.9 Å². The van der Waals surface area contributed by atoms with E-state index in [-0.39, 0.29) is 12.2 Å². The second-order valence-electron chi connectivity index (χ2n) is 9.46. The molecular formula is C33H29ClN2O5S. The quantitative estimate of drug-likeness (QED) is 0.175. The molecule has 4 aromatic rings. The molecule has 9 heteroatoms. The molecule has 3 aromatic carbocycles. The maximum Gasteiger partial charge on any atom is 0.338 e. The summed E-state index contributed by atoms with van der Waals surface area (Å²) in [4.78, 5) is 32.2. The standard InChI is InChI=1S/C33H29ClN2O5S/c1-4-17-40-26-15-11-24(12-16-26)30-29(32(38)39-5-2)21(3)35-33-36(30)31(37)28(42-33)19-23-7-6-8-27(18-23)41-20-22-9-13-25(34)14-10-22/h4,6-16,18-19,30H,1,5,17,20H2,2-3H3/b28-19+/t30-/m0/s1. The van der Waals surface area contributed by atoms with Gasteiger partial charge in [0.2, 0.25) is 0 Å². The highest BCUT2D eigenvalue weighted by Crippen LogP contribution is 2.31. The van der Waals surface area contributed by atoms with E-state index in [2.05, 4.69) is 11.6 Å². The first-order valence-corrected chi connectivity index (χ1v) is 14.6. The minimum Gasteiger partial charge on any atom is -0.490 e. The van der Waals surface area contributed by atoms with Crippen molar-refractivity contribution in [1.29, 1.82) is 0 Å². The van der Waals surface area contributed by atoms with Crippen molar-refractivity contribution in [1.82, 2.24) is 4.57 Å². The molecule has 7 nitrogen and oxygen atoms in total. The maximum absolute atomic E-state index is 13.9. The Morgan fingerprint density at radius 3 is 2.55 bits per heavy atom. The number of nitrogens with zero attached hydrogens (tertiary/aromatic N) is 2. The van der Waals surface area contributed by atoms with Crippen LogP contribution < -0.4 is 24.4 Å². The Morgan fingerprint density at radius 2 is 1.83 bits per heavy atom. The van der Waals surface area contributed by atoms with Crippen LogP contribution in [0.1, 0.15) is 36.6 Å². The van der Waals surface area contributed by atoms with Crippen molar-refractivity contribution in [3.63, 3.8) is 0 Å². The number of aromatic nitrogens is 1. The molecule has 1 aromatic heterocycles. The van der Waals surface area contributed by atoms with E-state index in [4.69, 9.17) is 25.8 Å². The summed E-state index contributed by atoms with van der Waals surface area (Å²) >= 11 is 7.25. The number of hydrogen-bond donors (Lipinski definition) is 0. The van der Waals surface area contributed by atoms with Crippen molar-refractivity contribution in [2.24, 2.45) is 4.99 Å². The maximum atomic E-state index is 13.9. The molecule has 214 valence electrons. The van der Waals surface area contributed by atoms with E-state index in [0.717, 1.165) is 16.7 Å². The molecule has 1 atom stereocenters.